The van der Waals surface area contributed by atoms with Crippen molar-refractivity contribution < 1.29 is 9.53 Å². The fourth-order valence-electron chi connectivity index (χ4n) is 2.98. The van der Waals surface area contributed by atoms with Crippen LogP contribution in [0.4, 0.5) is 5.69 Å². The number of carbonyl (C=O) groups excluding carboxylic acids is 1. The zero-order valence-corrected chi connectivity index (χ0v) is 15.9. The van der Waals surface area contributed by atoms with Crippen molar-refractivity contribution in [3.05, 3.63) is 58.6 Å². The van der Waals surface area contributed by atoms with E-state index in [0.717, 1.165) is 31.7 Å². The summed E-state index contributed by atoms with van der Waals surface area (Å²) in [6.45, 7) is 4.74. The standard InChI is InChI=1S/C20H24ClN3O2/c1-23-9-11-24(12-10-23)17-6-3-15(4-7-17)14-22-20(25)16-5-8-19(26-2)18(21)13-16/h3-8,13H,9-12,14H2,1-2H3,(H,22,25). The molecule has 0 aromatic heterocycles. The van der Waals surface area contributed by atoms with Gasteiger partial charge in [-0.05, 0) is 42.9 Å². The molecule has 26 heavy (non-hydrogen) atoms. The van der Waals surface area contributed by atoms with Crippen LogP contribution in [0.15, 0.2) is 42.5 Å². The number of benzene rings is 2. The van der Waals surface area contributed by atoms with Gasteiger partial charge in [-0.3, -0.25) is 4.79 Å². The van der Waals surface area contributed by atoms with Crippen LogP contribution < -0.4 is 15.0 Å². The maximum atomic E-state index is 12.3. The molecule has 1 aliphatic rings. The largest absolute Gasteiger partial charge is 0.495 e. The van der Waals surface area contributed by atoms with Crippen LogP contribution in [-0.4, -0.2) is 51.1 Å². The summed E-state index contributed by atoms with van der Waals surface area (Å²) >= 11 is 6.08. The Balaban J connectivity index is 1.56. The third-order valence-electron chi connectivity index (χ3n) is 4.67. The fourth-order valence-corrected chi connectivity index (χ4v) is 3.24. The molecule has 5 nitrogen and oxygen atoms in total. The number of carbonyl (C=O) groups is 1. The first-order valence-electron chi connectivity index (χ1n) is 8.71. The highest BCUT2D eigenvalue weighted by Gasteiger charge is 2.14. The molecule has 2 aromatic rings. The maximum Gasteiger partial charge on any atom is 0.251 e. The van der Waals surface area contributed by atoms with Gasteiger partial charge in [0.1, 0.15) is 5.75 Å². The quantitative estimate of drug-likeness (QED) is 0.875. The number of anilines is 1. The molecule has 1 saturated heterocycles. The Bertz CT molecular complexity index is 756. The Hall–Kier alpha value is -2.24. The summed E-state index contributed by atoms with van der Waals surface area (Å²) in [4.78, 5) is 17.0. The minimum atomic E-state index is -0.155. The molecule has 6 heteroatoms. The molecule has 0 saturated carbocycles. The highest BCUT2D eigenvalue weighted by molar-refractivity contribution is 6.32. The predicted octanol–water partition coefficient (Wildman–Crippen LogP) is 3.03. The van der Waals surface area contributed by atoms with Crippen molar-refractivity contribution in [3.8, 4) is 5.75 Å². The third-order valence-corrected chi connectivity index (χ3v) is 4.97. The highest BCUT2D eigenvalue weighted by atomic mass is 35.5. The number of nitrogens with one attached hydrogen (secondary N) is 1. The topological polar surface area (TPSA) is 44.8 Å². The van der Waals surface area contributed by atoms with Gasteiger partial charge in [0.15, 0.2) is 0 Å². The number of hydrogen-bond donors (Lipinski definition) is 1. The average molecular weight is 374 g/mol. The van der Waals surface area contributed by atoms with Gasteiger partial charge in [0.25, 0.3) is 5.91 Å². The van der Waals surface area contributed by atoms with E-state index >= 15 is 0 Å². The molecule has 0 atom stereocenters. The van der Waals surface area contributed by atoms with Gasteiger partial charge in [0.2, 0.25) is 0 Å². The van der Waals surface area contributed by atoms with E-state index in [2.05, 4.69) is 46.4 Å². The van der Waals surface area contributed by atoms with Gasteiger partial charge in [0.05, 0.1) is 12.1 Å². The van der Waals surface area contributed by atoms with E-state index in [4.69, 9.17) is 16.3 Å². The summed E-state index contributed by atoms with van der Waals surface area (Å²) < 4.78 is 5.11. The highest BCUT2D eigenvalue weighted by Crippen LogP contribution is 2.25. The lowest BCUT2D eigenvalue weighted by Crippen LogP contribution is -2.44. The molecule has 1 N–H and O–H groups in total. The summed E-state index contributed by atoms with van der Waals surface area (Å²) in [7, 11) is 3.70. The molecule has 0 spiro atoms. The van der Waals surface area contributed by atoms with E-state index in [-0.39, 0.29) is 5.91 Å². The Labute approximate surface area is 159 Å². The monoisotopic (exact) mass is 373 g/mol. The number of methoxy groups -OCH3 is 1. The number of rotatable bonds is 5. The summed E-state index contributed by atoms with van der Waals surface area (Å²) in [6, 6.07) is 13.4. The number of hydrogen-bond acceptors (Lipinski definition) is 4. The van der Waals surface area contributed by atoms with E-state index < -0.39 is 0 Å². The second-order valence-electron chi connectivity index (χ2n) is 6.49. The molecule has 3 rings (SSSR count). The van der Waals surface area contributed by atoms with Crippen LogP contribution in [0.25, 0.3) is 0 Å². The Morgan fingerprint density at radius 3 is 2.42 bits per heavy atom. The smallest absolute Gasteiger partial charge is 0.251 e. The molecule has 1 heterocycles. The van der Waals surface area contributed by atoms with Crippen LogP contribution >= 0.6 is 11.6 Å². The minimum absolute atomic E-state index is 0.155. The van der Waals surface area contributed by atoms with Crippen LogP contribution in [0, 0.1) is 0 Å². The van der Waals surface area contributed by atoms with Crippen molar-refractivity contribution >= 4 is 23.2 Å². The second kappa shape index (κ2) is 8.43. The van der Waals surface area contributed by atoms with Crippen LogP contribution in [-0.2, 0) is 6.54 Å². The van der Waals surface area contributed by atoms with Gasteiger partial charge >= 0.3 is 0 Å². The van der Waals surface area contributed by atoms with Gasteiger partial charge < -0.3 is 19.9 Å². The zero-order valence-electron chi connectivity index (χ0n) is 15.2. The Morgan fingerprint density at radius 1 is 1.12 bits per heavy atom. The molecule has 0 bridgehead atoms. The van der Waals surface area contributed by atoms with Crippen molar-refractivity contribution in [1.82, 2.24) is 10.2 Å². The summed E-state index contributed by atoms with van der Waals surface area (Å²) in [5.41, 5.74) is 2.82. The van der Waals surface area contributed by atoms with Crippen LogP contribution in [0.3, 0.4) is 0 Å². The molecule has 1 amide bonds. The predicted molar refractivity (Wildman–Crippen MR) is 105 cm³/mol. The van der Waals surface area contributed by atoms with Gasteiger partial charge in [-0.25, -0.2) is 0 Å². The molecular weight excluding hydrogens is 350 g/mol. The molecule has 2 aromatic carbocycles. The number of halogens is 1. The van der Waals surface area contributed by atoms with Gasteiger partial charge in [-0.2, -0.15) is 0 Å². The first-order valence-corrected chi connectivity index (χ1v) is 9.09. The van der Waals surface area contributed by atoms with E-state index in [9.17, 15) is 4.79 Å². The second-order valence-corrected chi connectivity index (χ2v) is 6.90. The number of likely N-dealkylation sites (N-methyl/N-ethyl adjacent to an activating group) is 1. The number of ether oxygens (including phenoxy) is 1. The van der Waals surface area contributed by atoms with Crippen molar-refractivity contribution in [1.29, 1.82) is 0 Å². The van der Waals surface area contributed by atoms with E-state index in [1.165, 1.54) is 5.69 Å². The molecule has 138 valence electrons. The number of amides is 1. The molecular formula is C20H24ClN3O2. The Kier molecular flexibility index (Phi) is 6.01. The summed E-state index contributed by atoms with van der Waals surface area (Å²) in [5, 5.41) is 3.35. The summed E-state index contributed by atoms with van der Waals surface area (Å²) in [6.07, 6.45) is 0. The van der Waals surface area contributed by atoms with Gasteiger partial charge in [-0.15, -0.1) is 0 Å². The molecule has 0 aliphatic carbocycles. The number of nitrogens with zero attached hydrogens (tertiary/aromatic N) is 2. The van der Waals surface area contributed by atoms with Crippen molar-refractivity contribution in [2.24, 2.45) is 0 Å². The first-order chi connectivity index (χ1) is 12.6. The van der Waals surface area contributed by atoms with Crippen LogP contribution in [0.1, 0.15) is 15.9 Å². The summed E-state index contributed by atoms with van der Waals surface area (Å²) in [5.74, 6) is 0.403. The molecule has 1 aliphatic heterocycles. The lowest BCUT2D eigenvalue weighted by atomic mass is 10.1. The van der Waals surface area contributed by atoms with E-state index in [1.807, 2.05) is 0 Å². The first kappa shape index (κ1) is 18.5. The SMILES string of the molecule is COc1ccc(C(=O)NCc2ccc(N3CCN(C)CC3)cc2)cc1Cl. The van der Waals surface area contributed by atoms with Crippen molar-refractivity contribution in [2.45, 2.75) is 6.54 Å². The zero-order chi connectivity index (χ0) is 18.5. The van der Waals surface area contributed by atoms with Gasteiger partial charge in [0, 0.05) is 44.0 Å². The molecule has 0 unspecified atom stereocenters. The van der Waals surface area contributed by atoms with Crippen molar-refractivity contribution in [2.75, 3.05) is 45.2 Å². The van der Waals surface area contributed by atoms with Crippen LogP contribution in [0.5, 0.6) is 5.75 Å². The average Bonchev–Trinajstić information content (AvgIpc) is 2.67. The maximum absolute atomic E-state index is 12.3. The normalized spacial score (nSPS) is 15.0. The minimum Gasteiger partial charge on any atom is -0.495 e. The lowest BCUT2D eigenvalue weighted by Gasteiger charge is -2.34. The van der Waals surface area contributed by atoms with Gasteiger partial charge in [-0.1, -0.05) is 23.7 Å². The van der Waals surface area contributed by atoms with Crippen LogP contribution in [0.2, 0.25) is 5.02 Å². The molecule has 0 radical (unpaired) electrons. The number of piperazine rings is 1. The molecule has 1 fully saturated rings. The lowest BCUT2D eigenvalue weighted by molar-refractivity contribution is 0.0951. The van der Waals surface area contributed by atoms with E-state index in [1.54, 1.807) is 25.3 Å². The Morgan fingerprint density at radius 2 is 1.81 bits per heavy atom. The van der Waals surface area contributed by atoms with Crippen molar-refractivity contribution in [3.63, 3.8) is 0 Å². The fraction of sp³-hybridized carbons (Fsp3) is 0.350. The van der Waals surface area contributed by atoms with E-state index in [0.29, 0.717) is 22.9 Å². The third kappa shape index (κ3) is 4.48.